The number of carbonyl (C=O) groups is 1. The van der Waals surface area contributed by atoms with Gasteiger partial charge in [-0.3, -0.25) is 9.78 Å². The molecule has 0 aliphatic rings. The van der Waals surface area contributed by atoms with Crippen molar-refractivity contribution < 1.29 is 18.0 Å². The minimum atomic E-state index is -4.50. The fraction of sp³-hybridized carbons (Fsp3) is 0.136. The highest BCUT2D eigenvalue weighted by Crippen LogP contribution is 2.29. The van der Waals surface area contributed by atoms with Gasteiger partial charge in [-0.2, -0.15) is 22.8 Å². The maximum atomic E-state index is 12.9. The van der Waals surface area contributed by atoms with Gasteiger partial charge in [0.2, 0.25) is 5.95 Å². The summed E-state index contributed by atoms with van der Waals surface area (Å²) in [4.78, 5) is 24.5. The lowest BCUT2D eigenvalue weighted by atomic mass is 10.00. The number of halogens is 3. The minimum Gasteiger partial charge on any atom is -0.368 e. The third kappa shape index (κ3) is 4.27. The van der Waals surface area contributed by atoms with Gasteiger partial charge in [-0.15, -0.1) is 0 Å². The zero-order valence-corrected chi connectivity index (χ0v) is 16.7. The molecule has 0 amide bonds. The number of nitrogens with zero attached hydrogens (tertiary/aromatic N) is 5. The summed E-state index contributed by atoms with van der Waals surface area (Å²) >= 11 is 0. The van der Waals surface area contributed by atoms with E-state index in [1.54, 1.807) is 18.2 Å². The first-order valence-corrected chi connectivity index (χ1v) is 9.34. The van der Waals surface area contributed by atoms with E-state index in [9.17, 15) is 18.0 Å². The summed E-state index contributed by atoms with van der Waals surface area (Å²) in [6.45, 7) is 1.84. The van der Waals surface area contributed by atoms with Crippen molar-refractivity contribution >= 4 is 17.4 Å². The van der Waals surface area contributed by atoms with E-state index in [2.05, 4.69) is 31.9 Å². The monoisotopic (exact) mass is 436 g/mol. The number of carbonyl (C=O) groups excluding carboxylic acids is 1. The minimum absolute atomic E-state index is 0.0432. The molecule has 10 heteroatoms. The van der Waals surface area contributed by atoms with Gasteiger partial charge in [0.25, 0.3) is 0 Å². The third-order valence-corrected chi connectivity index (χ3v) is 4.71. The number of ketones is 1. The molecule has 3 heterocycles. The Balaban J connectivity index is 1.60. The standard InChI is InChI=1S/C22H15F3N6O/c1-13-2-3-15(19(32)10-18-9-17(6-7-27-18)22(23,24)25)8-14(13)4-5-16-11-30-31-20(16)28-12-29-21(31)26/h2-3,6-9,11-12H,10H2,1H3,(H2,26,28,29). The van der Waals surface area contributed by atoms with Gasteiger partial charge >= 0.3 is 6.18 Å². The molecule has 0 aliphatic carbocycles. The Kier molecular flexibility index (Phi) is 5.32. The van der Waals surface area contributed by atoms with Crippen molar-refractivity contribution in [3.8, 4) is 11.8 Å². The summed E-state index contributed by atoms with van der Waals surface area (Å²) in [5, 5.41) is 4.09. The van der Waals surface area contributed by atoms with E-state index in [1.165, 1.54) is 17.0 Å². The molecule has 0 atom stereocenters. The van der Waals surface area contributed by atoms with E-state index in [0.29, 0.717) is 22.3 Å². The Hall–Kier alpha value is -4.26. The SMILES string of the molecule is Cc1ccc(C(=O)Cc2cc(C(F)(F)F)ccn2)cc1C#Cc1cnn2c(N)ncnc12. The first-order chi connectivity index (χ1) is 15.2. The van der Waals surface area contributed by atoms with Crippen molar-refractivity contribution in [1.82, 2.24) is 24.6 Å². The van der Waals surface area contributed by atoms with Crippen molar-refractivity contribution in [3.05, 3.63) is 82.6 Å². The molecule has 0 bridgehead atoms. The van der Waals surface area contributed by atoms with E-state index in [4.69, 9.17) is 5.73 Å². The summed E-state index contributed by atoms with van der Waals surface area (Å²) in [5.74, 6) is 5.77. The van der Waals surface area contributed by atoms with Crippen LogP contribution in [0.5, 0.6) is 0 Å². The maximum Gasteiger partial charge on any atom is 0.416 e. The van der Waals surface area contributed by atoms with Crippen LogP contribution in [0.4, 0.5) is 19.1 Å². The molecule has 0 spiro atoms. The Morgan fingerprint density at radius 3 is 2.66 bits per heavy atom. The maximum absolute atomic E-state index is 12.9. The second-order valence-electron chi connectivity index (χ2n) is 6.94. The number of aromatic nitrogens is 5. The Morgan fingerprint density at radius 2 is 1.88 bits per heavy atom. The van der Waals surface area contributed by atoms with Crippen LogP contribution in [0, 0.1) is 18.8 Å². The molecule has 0 aliphatic heterocycles. The average Bonchev–Trinajstić information content (AvgIpc) is 3.17. The van der Waals surface area contributed by atoms with Crippen LogP contribution in [0.1, 0.15) is 38.3 Å². The molecule has 1 aromatic carbocycles. The number of hydrogen-bond acceptors (Lipinski definition) is 6. The number of rotatable bonds is 3. The molecule has 0 fully saturated rings. The van der Waals surface area contributed by atoms with Gasteiger partial charge in [0.05, 0.1) is 23.7 Å². The van der Waals surface area contributed by atoms with Crippen LogP contribution < -0.4 is 5.73 Å². The average molecular weight is 436 g/mol. The highest BCUT2D eigenvalue weighted by atomic mass is 19.4. The number of benzene rings is 1. The molecule has 4 rings (SSSR count). The smallest absolute Gasteiger partial charge is 0.368 e. The molecular weight excluding hydrogens is 421 g/mol. The first kappa shape index (κ1) is 21.0. The highest BCUT2D eigenvalue weighted by Gasteiger charge is 2.30. The normalized spacial score (nSPS) is 11.2. The van der Waals surface area contributed by atoms with Gasteiger partial charge in [-0.25, -0.2) is 9.97 Å². The highest BCUT2D eigenvalue weighted by molar-refractivity contribution is 5.97. The Labute approximate surface area is 180 Å². The van der Waals surface area contributed by atoms with Crippen molar-refractivity contribution in [2.45, 2.75) is 19.5 Å². The van der Waals surface area contributed by atoms with E-state index >= 15 is 0 Å². The summed E-state index contributed by atoms with van der Waals surface area (Å²) in [5.41, 5.74) is 7.67. The van der Waals surface area contributed by atoms with Crippen LogP contribution in [0.15, 0.2) is 49.1 Å². The van der Waals surface area contributed by atoms with Crippen LogP contribution in [-0.4, -0.2) is 30.3 Å². The zero-order valence-electron chi connectivity index (χ0n) is 16.7. The number of hydrogen-bond donors (Lipinski definition) is 1. The number of fused-ring (bicyclic) bond motifs is 1. The first-order valence-electron chi connectivity index (χ1n) is 9.34. The molecule has 4 aromatic rings. The topological polar surface area (TPSA) is 99.1 Å². The quantitative estimate of drug-likeness (QED) is 0.391. The molecule has 0 radical (unpaired) electrons. The number of anilines is 1. The second kappa shape index (κ2) is 8.11. The molecule has 0 unspecified atom stereocenters. The molecule has 2 N–H and O–H groups in total. The van der Waals surface area contributed by atoms with Crippen LogP contribution in [-0.2, 0) is 12.6 Å². The van der Waals surface area contributed by atoms with Crippen molar-refractivity contribution in [1.29, 1.82) is 0 Å². The second-order valence-corrected chi connectivity index (χ2v) is 6.94. The van der Waals surface area contributed by atoms with Crippen molar-refractivity contribution in [2.75, 3.05) is 5.73 Å². The van der Waals surface area contributed by atoms with E-state index < -0.39 is 11.7 Å². The van der Waals surface area contributed by atoms with Gasteiger partial charge in [0.1, 0.15) is 6.33 Å². The predicted octanol–water partition coefficient (Wildman–Crippen LogP) is 3.25. The molecule has 3 aromatic heterocycles. The molecule has 7 nitrogen and oxygen atoms in total. The Bertz CT molecular complexity index is 1400. The van der Waals surface area contributed by atoms with Gasteiger partial charge in [-0.05, 0) is 30.7 Å². The predicted molar refractivity (Wildman–Crippen MR) is 110 cm³/mol. The van der Waals surface area contributed by atoms with Crippen LogP contribution in [0.25, 0.3) is 5.65 Å². The van der Waals surface area contributed by atoms with Gasteiger partial charge in [0.15, 0.2) is 11.4 Å². The molecule has 0 saturated heterocycles. The molecule has 160 valence electrons. The summed E-state index contributed by atoms with van der Waals surface area (Å²) in [7, 11) is 0. The van der Waals surface area contributed by atoms with E-state index in [0.717, 1.165) is 23.9 Å². The fourth-order valence-corrected chi connectivity index (χ4v) is 3.00. The number of alkyl halides is 3. The summed E-state index contributed by atoms with van der Waals surface area (Å²) in [6.07, 6.45) is -0.893. The lowest BCUT2D eigenvalue weighted by Crippen LogP contribution is -2.09. The van der Waals surface area contributed by atoms with E-state index in [-0.39, 0.29) is 23.8 Å². The zero-order chi connectivity index (χ0) is 22.9. The molecule has 32 heavy (non-hydrogen) atoms. The lowest BCUT2D eigenvalue weighted by molar-refractivity contribution is -0.137. The fourth-order valence-electron chi connectivity index (χ4n) is 3.00. The molecule has 0 saturated carbocycles. The van der Waals surface area contributed by atoms with Crippen LogP contribution in [0.2, 0.25) is 0 Å². The number of nitrogens with two attached hydrogens (primary N) is 1. The third-order valence-electron chi connectivity index (χ3n) is 4.71. The number of pyridine rings is 1. The Morgan fingerprint density at radius 1 is 1.09 bits per heavy atom. The van der Waals surface area contributed by atoms with Crippen molar-refractivity contribution in [2.24, 2.45) is 0 Å². The number of aryl methyl sites for hydroxylation is 1. The van der Waals surface area contributed by atoms with E-state index in [1.807, 2.05) is 6.92 Å². The summed E-state index contributed by atoms with van der Waals surface area (Å²) in [6, 6.07) is 6.69. The van der Waals surface area contributed by atoms with Gasteiger partial charge < -0.3 is 5.73 Å². The number of Topliss-reactive ketones (excluding diaryl/α,β-unsaturated/α-hetero) is 1. The summed E-state index contributed by atoms with van der Waals surface area (Å²) < 4.78 is 40.1. The van der Waals surface area contributed by atoms with Crippen LogP contribution in [0.3, 0.4) is 0 Å². The molecular formula is C22H15F3N6O. The van der Waals surface area contributed by atoms with Crippen LogP contribution >= 0.6 is 0 Å². The lowest BCUT2D eigenvalue weighted by Gasteiger charge is -2.08. The van der Waals surface area contributed by atoms with Gasteiger partial charge in [-0.1, -0.05) is 24.0 Å². The largest absolute Gasteiger partial charge is 0.416 e. The number of nitrogen functional groups attached to an aromatic ring is 1. The van der Waals surface area contributed by atoms with Gasteiger partial charge in [0, 0.05) is 23.0 Å². The van der Waals surface area contributed by atoms with Crippen molar-refractivity contribution in [3.63, 3.8) is 0 Å².